The summed E-state index contributed by atoms with van der Waals surface area (Å²) < 4.78 is 5.03. The van der Waals surface area contributed by atoms with Crippen LogP contribution in [0.3, 0.4) is 0 Å². The molecule has 0 heterocycles. The van der Waals surface area contributed by atoms with Crippen molar-refractivity contribution in [2.75, 3.05) is 20.2 Å². The standard InChI is InChI=1S/C23H42N2O4.C5H10/c1-10-23(11-2,14-16(4)5)22(28)24-15-20(26)25(9)19(17(6)7)13-18(8)21(27)29-12-3;1-2-4-5-3-1/h13,16-17,19H,10-12,14-15H2,1-9H3,(H,24,28);1-5H2/b18-13+;/t19-;/m1./s1. The fraction of sp³-hybridized carbons (Fsp3) is 0.821. The molecule has 1 aliphatic rings. The van der Waals surface area contributed by atoms with E-state index in [4.69, 9.17) is 4.74 Å². The average Bonchev–Trinajstić information content (AvgIpc) is 3.38. The lowest BCUT2D eigenvalue weighted by atomic mass is 9.75. The molecule has 0 aromatic carbocycles. The normalized spacial score (nSPS) is 15.0. The molecule has 1 fully saturated rings. The first-order valence-corrected chi connectivity index (χ1v) is 13.3. The van der Waals surface area contributed by atoms with Gasteiger partial charge in [0.15, 0.2) is 0 Å². The fourth-order valence-corrected chi connectivity index (χ4v) is 4.57. The van der Waals surface area contributed by atoms with Crippen LogP contribution in [0, 0.1) is 17.3 Å². The first-order valence-electron chi connectivity index (χ1n) is 13.3. The number of amides is 2. The van der Waals surface area contributed by atoms with Crippen molar-refractivity contribution in [3.8, 4) is 0 Å². The van der Waals surface area contributed by atoms with E-state index in [-0.39, 0.29) is 36.3 Å². The van der Waals surface area contributed by atoms with E-state index in [0.717, 1.165) is 19.3 Å². The number of nitrogens with one attached hydrogen (secondary N) is 1. The first-order chi connectivity index (χ1) is 15.9. The quantitative estimate of drug-likeness (QED) is 0.279. The molecule has 0 aromatic rings. The molecule has 6 heteroatoms. The minimum Gasteiger partial charge on any atom is -0.463 e. The van der Waals surface area contributed by atoms with Crippen molar-refractivity contribution < 1.29 is 19.1 Å². The van der Waals surface area contributed by atoms with Gasteiger partial charge in [-0.25, -0.2) is 4.79 Å². The van der Waals surface area contributed by atoms with Gasteiger partial charge in [-0.15, -0.1) is 0 Å². The fourth-order valence-electron chi connectivity index (χ4n) is 4.57. The third-order valence-electron chi connectivity index (χ3n) is 6.83. The van der Waals surface area contributed by atoms with Gasteiger partial charge in [0.25, 0.3) is 0 Å². The van der Waals surface area contributed by atoms with E-state index < -0.39 is 5.41 Å². The van der Waals surface area contributed by atoms with Gasteiger partial charge in [-0.1, -0.05) is 79.7 Å². The Balaban J connectivity index is 0.00000190. The second kappa shape index (κ2) is 16.7. The van der Waals surface area contributed by atoms with E-state index in [0.29, 0.717) is 18.1 Å². The molecule has 1 aliphatic carbocycles. The van der Waals surface area contributed by atoms with Crippen molar-refractivity contribution in [1.82, 2.24) is 10.2 Å². The summed E-state index contributed by atoms with van der Waals surface area (Å²) in [6.07, 6.45) is 11.6. The van der Waals surface area contributed by atoms with Gasteiger partial charge in [0.2, 0.25) is 11.8 Å². The van der Waals surface area contributed by atoms with Gasteiger partial charge in [0.1, 0.15) is 0 Å². The highest BCUT2D eigenvalue weighted by Gasteiger charge is 2.35. The molecule has 6 nitrogen and oxygen atoms in total. The number of hydrogen-bond donors (Lipinski definition) is 1. The molecule has 0 saturated heterocycles. The third kappa shape index (κ3) is 11.1. The van der Waals surface area contributed by atoms with Crippen LogP contribution in [-0.2, 0) is 19.1 Å². The molecule has 0 aromatic heterocycles. The van der Waals surface area contributed by atoms with Gasteiger partial charge in [-0.05, 0) is 44.9 Å². The number of carbonyl (C=O) groups is 3. The van der Waals surface area contributed by atoms with Crippen LogP contribution in [0.25, 0.3) is 0 Å². The van der Waals surface area contributed by atoms with Gasteiger partial charge in [-0.3, -0.25) is 9.59 Å². The number of rotatable bonds is 12. The van der Waals surface area contributed by atoms with Crippen LogP contribution < -0.4 is 5.32 Å². The first kappa shape index (κ1) is 32.1. The monoisotopic (exact) mass is 480 g/mol. The SMILES string of the molecule is C1CCCC1.CCOC(=O)/C(C)=C/[C@H](C(C)C)N(C)C(=O)CNC(=O)C(CC)(CC)CC(C)C. The number of hydrogen-bond acceptors (Lipinski definition) is 4. The zero-order chi connectivity index (χ0) is 26.3. The lowest BCUT2D eigenvalue weighted by Gasteiger charge is -2.33. The van der Waals surface area contributed by atoms with E-state index in [1.165, 1.54) is 32.1 Å². The molecule has 0 radical (unpaired) electrons. The zero-order valence-electron chi connectivity index (χ0n) is 23.5. The molecule has 1 N–H and O–H groups in total. The van der Waals surface area contributed by atoms with Crippen molar-refractivity contribution in [3.63, 3.8) is 0 Å². The van der Waals surface area contributed by atoms with Crippen LogP contribution >= 0.6 is 0 Å². The summed E-state index contributed by atoms with van der Waals surface area (Å²) >= 11 is 0. The highest BCUT2D eigenvalue weighted by Crippen LogP contribution is 2.34. The summed E-state index contributed by atoms with van der Waals surface area (Å²) in [4.78, 5) is 39.2. The van der Waals surface area contributed by atoms with Crippen molar-refractivity contribution in [3.05, 3.63) is 11.6 Å². The molecule has 1 atom stereocenters. The van der Waals surface area contributed by atoms with Crippen molar-refractivity contribution in [2.45, 2.75) is 113 Å². The van der Waals surface area contributed by atoms with Gasteiger partial charge in [-0.2, -0.15) is 0 Å². The Bertz CT molecular complexity index is 639. The Morgan fingerprint density at radius 3 is 1.85 bits per heavy atom. The number of carbonyl (C=O) groups excluding carboxylic acids is 3. The summed E-state index contributed by atoms with van der Waals surface area (Å²) in [5.41, 5.74) is 0.0346. The maximum absolute atomic E-state index is 12.9. The predicted octanol–water partition coefficient (Wildman–Crippen LogP) is 5.90. The van der Waals surface area contributed by atoms with Crippen LogP contribution in [0.4, 0.5) is 0 Å². The molecule has 0 aliphatic heterocycles. The Hall–Kier alpha value is -1.85. The van der Waals surface area contributed by atoms with E-state index >= 15 is 0 Å². The molecular weight excluding hydrogens is 428 g/mol. The minimum atomic E-state index is -0.440. The van der Waals surface area contributed by atoms with Gasteiger partial charge in [0, 0.05) is 18.0 Å². The minimum absolute atomic E-state index is 0.0509. The Morgan fingerprint density at radius 2 is 1.47 bits per heavy atom. The largest absolute Gasteiger partial charge is 0.463 e. The summed E-state index contributed by atoms with van der Waals surface area (Å²) in [6, 6.07) is -0.262. The maximum atomic E-state index is 12.9. The Labute approximate surface area is 209 Å². The number of nitrogens with zero attached hydrogens (tertiary/aromatic N) is 1. The van der Waals surface area contributed by atoms with Gasteiger partial charge < -0.3 is 15.0 Å². The van der Waals surface area contributed by atoms with Gasteiger partial charge in [0.05, 0.1) is 19.2 Å². The molecule has 1 rings (SSSR count). The summed E-state index contributed by atoms with van der Waals surface area (Å²) in [7, 11) is 1.70. The topological polar surface area (TPSA) is 75.7 Å². The lowest BCUT2D eigenvalue weighted by Crippen LogP contribution is -2.48. The molecule has 198 valence electrons. The highest BCUT2D eigenvalue weighted by molar-refractivity contribution is 5.89. The lowest BCUT2D eigenvalue weighted by molar-refractivity contribution is -0.138. The van der Waals surface area contributed by atoms with Crippen LogP contribution in [0.2, 0.25) is 0 Å². The molecule has 0 unspecified atom stereocenters. The molecular formula is C28H52N2O4. The van der Waals surface area contributed by atoms with Crippen LogP contribution in [0.1, 0.15) is 107 Å². The summed E-state index contributed by atoms with van der Waals surface area (Å²) in [5.74, 6) is -0.111. The van der Waals surface area contributed by atoms with E-state index in [9.17, 15) is 14.4 Å². The molecule has 0 spiro atoms. The third-order valence-corrected chi connectivity index (χ3v) is 6.83. The molecule has 34 heavy (non-hydrogen) atoms. The number of likely N-dealkylation sites (N-methyl/N-ethyl adjacent to an activating group) is 1. The smallest absolute Gasteiger partial charge is 0.333 e. The maximum Gasteiger partial charge on any atom is 0.333 e. The highest BCUT2D eigenvalue weighted by atomic mass is 16.5. The van der Waals surface area contributed by atoms with Crippen LogP contribution in [-0.4, -0.2) is 48.9 Å². The Kier molecular flexibility index (Phi) is 15.8. The van der Waals surface area contributed by atoms with Crippen molar-refractivity contribution >= 4 is 17.8 Å². The van der Waals surface area contributed by atoms with E-state index in [1.54, 1.807) is 31.9 Å². The van der Waals surface area contributed by atoms with Crippen LogP contribution in [0.15, 0.2) is 11.6 Å². The predicted molar refractivity (Wildman–Crippen MR) is 140 cm³/mol. The molecule has 2 amide bonds. The average molecular weight is 481 g/mol. The van der Waals surface area contributed by atoms with Crippen molar-refractivity contribution in [2.24, 2.45) is 17.3 Å². The number of ether oxygens (including phenoxy) is 1. The number of esters is 1. The molecule has 1 saturated carbocycles. The van der Waals surface area contributed by atoms with E-state index in [1.807, 2.05) is 27.7 Å². The summed E-state index contributed by atoms with van der Waals surface area (Å²) in [6.45, 7) is 16.0. The Morgan fingerprint density at radius 1 is 0.971 bits per heavy atom. The second-order valence-electron chi connectivity index (χ2n) is 10.3. The zero-order valence-corrected chi connectivity index (χ0v) is 23.5. The summed E-state index contributed by atoms with van der Waals surface area (Å²) in [5, 5.41) is 2.86. The molecule has 0 bridgehead atoms. The van der Waals surface area contributed by atoms with E-state index in [2.05, 4.69) is 19.2 Å². The van der Waals surface area contributed by atoms with Crippen molar-refractivity contribution in [1.29, 1.82) is 0 Å². The van der Waals surface area contributed by atoms with Crippen LogP contribution in [0.5, 0.6) is 0 Å². The second-order valence-corrected chi connectivity index (χ2v) is 10.3. The van der Waals surface area contributed by atoms with Gasteiger partial charge >= 0.3 is 5.97 Å².